The van der Waals surface area contributed by atoms with Gasteiger partial charge < -0.3 is 10.1 Å². The number of fused-ring (bicyclic) bond motifs is 2. The third-order valence-corrected chi connectivity index (χ3v) is 7.76. The second-order valence-corrected chi connectivity index (χ2v) is 10.2. The quantitative estimate of drug-likeness (QED) is 0.486. The van der Waals surface area contributed by atoms with Crippen LogP contribution < -0.4 is 5.32 Å². The lowest BCUT2D eigenvalue weighted by Crippen LogP contribution is -2.52. The minimum Gasteiger partial charge on any atom is -0.494 e. The topological polar surface area (TPSA) is 55.4 Å². The summed E-state index contributed by atoms with van der Waals surface area (Å²) in [6.07, 6.45) is 7.28. The fourth-order valence-corrected chi connectivity index (χ4v) is 6.31. The molecule has 1 unspecified atom stereocenters. The molecule has 1 saturated carbocycles. The van der Waals surface area contributed by atoms with Gasteiger partial charge in [0.1, 0.15) is 11.5 Å². The number of halogens is 2. The van der Waals surface area contributed by atoms with E-state index in [0.717, 1.165) is 47.4 Å². The molecular weight excluding hydrogens is 469 g/mol. The Morgan fingerprint density at radius 1 is 1.06 bits per heavy atom. The van der Waals surface area contributed by atoms with Crippen molar-refractivity contribution in [1.82, 2.24) is 0 Å². The van der Waals surface area contributed by atoms with E-state index in [-0.39, 0.29) is 29.9 Å². The highest BCUT2D eigenvalue weighted by Gasteiger charge is 2.61. The van der Waals surface area contributed by atoms with Crippen molar-refractivity contribution in [3.05, 3.63) is 87.1 Å². The number of anilines is 1. The van der Waals surface area contributed by atoms with Crippen LogP contribution >= 0.6 is 23.2 Å². The molecule has 2 aromatic carbocycles. The van der Waals surface area contributed by atoms with Crippen molar-refractivity contribution < 1.29 is 14.3 Å². The van der Waals surface area contributed by atoms with Crippen molar-refractivity contribution in [1.29, 1.82) is 0 Å². The average molecular weight is 496 g/mol. The molecule has 1 N–H and O–H groups in total. The molecule has 2 aliphatic carbocycles. The summed E-state index contributed by atoms with van der Waals surface area (Å²) in [5, 5.41) is 4.26. The maximum Gasteiger partial charge on any atom is 0.236 e. The summed E-state index contributed by atoms with van der Waals surface area (Å²) in [4.78, 5) is 27.2. The summed E-state index contributed by atoms with van der Waals surface area (Å²) in [6, 6.07) is 13.1. The molecule has 34 heavy (non-hydrogen) atoms. The maximum atomic E-state index is 14.0. The number of benzene rings is 2. The molecule has 1 heterocycles. The molecule has 0 bridgehead atoms. The zero-order chi connectivity index (χ0) is 23.9. The number of carbonyl (C=O) groups is 2. The Bertz CT molecular complexity index is 1220. The molecule has 6 heteroatoms. The number of ketones is 1. The largest absolute Gasteiger partial charge is 0.494 e. The van der Waals surface area contributed by atoms with Gasteiger partial charge in [-0.3, -0.25) is 9.59 Å². The Kier molecular flexibility index (Phi) is 6.30. The molecule has 1 fully saturated rings. The highest BCUT2D eigenvalue weighted by Crippen LogP contribution is 2.59. The minimum absolute atomic E-state index is 0.0845. The molecule has 2 aromatic rings. The molecule has 0 aromatic heterocycles. The number of ether oxygens (including phenoxy) is 1. The lowest BCUT2D eigenvalue weighted by Gasteiger charge is -2.47. The van der Waals surface area contributed by atoms with Gasteiger partial charge in [0.05, 0.1) is 12.0 Å². The lowest BCUT2D eigenvalue weighted by atomic mass is 9.53. The van der Waals surface area contributed by atoms with Crippen LogP contribution in [0, 0.1) is 5.92 Å². The molecule has 0 radical (unpaired) electrons. The SMILES string of the molecule is CCCOC1=CCCC(C2CC(=O)C[C@@H](c3cccc(Cl)c3)[C@]23C(=O)Nc2cc(Cl)ccc23)=C1. The fraction of sp³-hybridized carbons (Fsp3) is 0.357. The van der Waals surface area contributed by atoms with Gasteiger partial charge in [-0.05, 0) is 66.8 Å². The monoisotopic (exact) mass is 495 g/mol. The number of hydrogen-bond acceptors (Lipinski definition) is 3. The zero-order valence-corrected chi connectivity index (χ0v) is 20.6. The summed E-state index contributed by atoms with van der Waals surface area (Å²) < 4.78 is 5.93. The summed E-state index contributed by atoms with van der Waals surface area (Å²) in [5.41, 5.74) is 2.68. The molecule has 1 amide bonds. The van der Waals surface area contributed by atoms with Gasteiger partial charge in [-0.2, -0.15) is 0 Å². The number of amides is 1. The van der Waals surface area contributed by atoms with E-state index in [0.29, 0.717) is 23.1 Å². The van der Waals surface area contributed by atoms with Crippen LogP contribution in [-0.2, 0) is 19.7 Å². The van der Waals surface area contributed by atoms with Gasteiger partial charge in [-0.15, -0.1) is 0 Å². The predicted octanol–water partition coefficient (Wildman–Crippen LogP) is 6.98. The number of carbonyl (C=O) groups excluding carboxylic acids is 2. The van der Waals surface area contributed by atoms with E-state index in [1.165, 1.54) is 0 Å². The van der Waals surface area contributed by atoms with E-state index in [1.807, 2.05) is 36.4 Å². The Morgan fingerprint density at radius 2 is 1.85 bits per heavy atom. The fourth-order valence-electron chi connectivity index (χ4n) is 5.94. The molecule has 1 aliphatic heterocycles. The molecule has 1 spiro atoms. The molecule has 5 rings (SSSR count). The first kappa shape index (κ1) is 23.2. The Morgan fingerprint density at radius 3 is 2.65 bits per heavy atom. The number of Topliss-reactive ketones (excluding diaryl/α,β-unsaturated/α-hetero) is 1. The van der Waals surface area contributed by atoms with E-state index in [1.54, 1.807) is 6.07 Å². The highest BCUT2D eigenvalue weighted by molar-refractivity contribution is 6.31. The van der Waals surface area contributed by atoms with Crippen LogP contribution in [0.4, 0.5) is 5.69 Å². The first-order valence-electron chi connectivity index (χ1n) is 11.9. The molecular formula is C28H27Cl2NO3. The lowest BCUT2D eigenvalue weighted by molar-refractivity contribution is -0.130. The molecule has 0 saturated heterocycles. The summed E-state index contributed by atoms with van der Waals surface area (Å²) in [7, 11) is 0. The summed E-state index contributed by atoms with van der Waals surface area (Å²) in [6.45, 7) is 2.71. The van der Waals surface area contributed by atoms with Crippen LogP contribution in [0.25, 0.3) is 0 Å². The summed E-state index contributed by atoms with van der Waals surface area (Å²) in [5.74, 6) is 0.270. The third-order valence-electron chi connectivity index (χ3n) is 7.29. The molecule has 3 aliphatic rings. The van der Waals surface area contributed by atoms with Crippen molar-refractivity contribution in [3.63, 3.8) is 0 Å². The van der Waals surface area contributed by atoms with Gasteiger partial charge >= 0.3 is 0 Å². The van der Waals surface area contributed by atoms with Crippen LogP contribution in [0.1, 0.15) is 56.1 Å². The van der Waals surface area contributed by atoms with Gasteiger partial charge in [-0.1, -0.05) is 53.9 Å². The third kappa shape index (κ3) is 3.87. The first-order valence-corrected chi connectivity index (χ1v) is 12.6. The molecule has 176 valence electrons. The smallest absolute Gasteiger partial charge is 0.236 e. The van der Waals surface area contributed by atoms with Crippen LogP contribution in [0.5, 0.6) is 0 Å². The van der Waals surface area contributed by atoms with Gasteiger partial charge in [0, 0.05) is 40.4 Å². The Hall–Kier alpha value is -2.56. The second-order valence-electron chi connectivity index (χ2n) is 9.33. The zero-order valence-electron chi connectivity index (χ0n) is 19.1. The van der Waals surface area contributed by atoms with Crippen molar-refractivity contribution in [3.8, 4) is 0 Å². The maximum absolute atomic E-state index is 14.0. The van der Waals surface area contributed by atoms with Gasteiger partial charge in [0.2, 0.25) is 5.91 Å². The van der Waals surface area contributed by atoms with Gasteiger partial charge in [0.25, 0.3) is 0 Å². The van der Waals surface area contributed by atoms with Crippen LogP contribution in [-0.4, -0.2) is 18.3 Å². The van der Waals surface area contributed by atoms with E-state index < -0.39 is 5.41 Å². The Balaban J connectivity index is 1.71. The predicted molar refractivity (Wildman–Crippen MR) is 135 cm³/mol. The highest BCUT2D eigenvalue weighted by atomic mass is 35.5. The Labute approximate surface area is 210 Å². The van der Waals surface area contributed by atoms with E-state index >= 15 is 0 Å². The van der Waals surface area contributed by atoms with E-state index in [9.17, 15) is 9.59 Å². The van der Waals surface area contributed by atoms with E-state index in [4.69, 9.17) is 27.9 Å². The first-order chi connectivity index (χ1) is 16.4. The number of rotatable bonds is 5. The van der Waals surface area contributed by atoms with Crippen molar-refractivity contribution in [2.45, 2.75) is 50.4 Å². The number of nitrogens with one attached hydrogen (secondary N) is 1. The van der Waals surface area contributed by atoms with Crippen LogP contribution in [0.2, 0.25) is 10.0 Å². The molecule has 4 nitrogen and oxygen atoms in total. The van der Waals surface area contributed by atoms with E-state index in [2.05, 4.69) is 24.4 Å². The number of hydrogen-bond donors (Lipinski definition) is 1. The number of allylic oxidation sites excluding steroid dienone is 3. The van der Waals surface area contributed by atoms with Crippen LogP contribution in [0.15, 0.2) is 65.9 Å². The standard InChI is InChI=1S/C28H27Cl2NO3/c1-2-11-34-22-8-4-6-18(13-22)25-16-21(32)15-24(17-5-3-7-19(29)12-17)28(25)23-10-9-20(30)14-26(23)31-27(28)33/h3,5,7-10,12-14,24-25H,2,4,6,11,15-16H2,1H3,(H,31,33)/t24-,25?,28-/m0/s1. The second kappa shape index (κ2) is 9.24. The van der Waals surface area contributed by atoms with Crippen molar-refractivity contribution in [2.24, 2.45) is 5.92 Å². The van der Waals surface area contributed by atoms with Crippen molar-refractivity contribution in [2.75, 3.05) is 11.9 Å². The summed E-state index contributed by atoms with van der Waals surface area (Å²) >= 11 is 12.7. The normalized spacial score (nSPS) is 26.1. The average Bonchev–Trinajstić information content (AvgIpc) is 3.10. The van der Waals surface area contributed by atoms with Gasteiger partial charge in [0.15, 0.2) is 0 Å². The molecule has 3 atom stereocenters. The minimum atomic E-state index is -0.933. The van der Waals surface area contributed by atoms with Gasteiger partial charge in [-0.25, -0.2) is 0 Å². The van der Waals surface area contributed by atoms with Crippen LogP contribution in [0.3, 0.4) is 0 Å². The van der Waals surface area contributed by atoms with Crippen molar-refractivity contribution >= 4 is 40.6 Å².